The topological polar surface area (TPSA) is 76.2 Å². The number of esters is 1. The molecule has 2 aliphatic heterocycles. The van der Waals surface area contributed by atoms with E-state index in [1.165, 1.54) is 7.11 Å². The van der Waals surface area contributed by atoms with Crippen LogP contribution in [0.3, 0.4) is 0 Å². The van der Waals surface area contributed by atoms with Gasteiger partial charge in [-0.1, -0.05) is 0 Å². The monoisotopic (exact) mass is 326 g/mol. The molecule has 7 nitrogen and oxygen atoms in total. The van der Waals surface area contributed by atoms with Crippen LogP contribution >= 0.6 is 0 Å². The molecule has 0 unspecified atom stereocenters. The number of hydrogen-bond acceptors (Lipinski definition) is 5. The SMILES string of the molecule is COC(=O)[C@@H]1CC(=O)N(C2CCN(C(=O)OC(C)(C)C)CC2)C1. The summed E-state index contributed by atoms with van der Waals surface area (Å²) in [6.45, 7) is 7.07. The summed E-state index contributed by atoms with van der Waals surface area (Å²) < 4.78 is 10.1. The minimum atomic E-state index is -0.507. The number of nitrogens with zero attached hydrogens (tertiary/aromatic N) is 2. The average Bonchev–Trinajstić information content (AvgIpc) is 2.87. The molecule has 2 aliphatic rings. The van der Waals surface area contributed by atoms with Crippen LogP contribution in [0, 0.1) is 5.92 Å². The Bertz CT molecular complexity index is 477. The van der Waals surface area contributed by atoms with Gasteiger partial charge in [0.25, 0.3) is 0 Å². The first-order valence-electron chi connectivity index (χ1n) is 8.06. The summed E-state index contributed by atoms with van der Waals surface area (Å²) in [5.74, 6) is -0.695. The first kappa shape index (κ1) is 17.6. The molecular weight excluding hydrogens is 300 g/mol. The molecule has 2 amide bonds. The summed E-state index contributed by atoms with van der Waals surface area (Å²) in [6, 6.07) is 0.0795. The number of amides is 2. The Morgan fingerprint density at radius 3 is 2.30 bits per heavy atom. The smallest absolute Gasteiger partial charge is 0.410 e. The summed E-state index contributed by atoms with van der Waals surface area (Å²) in [4.78, 5) is 39.2. The van der Waals surface area contributed by atoms with Crippen LogP contribution in [0.5, 0.6) is 0 Å². The molecule has 7 heteroatoms. The highest BCUT2D eigenvalue weighted by molar-refractivity contribution is 5.87. The number of ether oxygens (including phenoxy) is 2. The predicted octanol–water partition coefficient (Wildman–Crippen LogP) is 1.41. The largest absolute Gasteiger partial charge is 0.469 e. The van der Waals surface area contributed by atoms with Crippen molar-refractivity contribution in [1.82, 2.24) is 9.80 Å². The van der Waals surface area contributed by atoms with Gasteiger partial charge in [0.2, 0.25) is 5.91 Å². The van der Waals surface area contributed by atoms with Crippen LogP contribution in [0.25, 0.3) is 0 Å². The highest BCUT2D eigenvalue weighted by Crippen LogP contribution is 2.26. The second-order valence-electron chi connectivity index (χ2n) is 7.17. The predicted molar refractivity (Wildman–Crippen MR) is 82.7 cm³/mol. The molecule has 2 heterocycles. The Hall–Kier alpha value is -1.79. The number of hydrogen-bond donors (Lipinski definition) is 0. The van der Waals surface area contributed by atoms with E-state index in [1.54, 1.807) is 9.80 Å². The molecule has 0 aromatic heterocycles. The van der Waals surface area contributed by atoms with E-state index < -0.39 is 5.60 Å². The molecule has 0 aliphatic carbocycles. The third-order valence-corrected chi connectivity index (χ3v) is 4.25. The van der Waals surface area contributed by atoms with Gasteiger partial charge in [-0.3, -0.25) is 9.59 Å². The molecule has 0 bridgehead atoms. The number of likely N-dealkylation sites (tertiary alicyclic amines) is 2. The van der Waals surface area contributed by atoms with Gasteiger partial charge in [0.1, 0.15) is 5.60 Å². The van der Waals surface area contributed by atoms with E-state index >= 15 is 0 Å². The lowest BCUT2D eigenvalue weighted by atomic mass is 10.0. The Morgan fingerprint density at radius 2 is 1.78 bits per heavy atom. The van der Waals surface area contributed by atoms with Crippen LogP contribution in [0.15, 0.2) is 0 Å². The van der Waals surface area contributed by atoms with E-state index in [1.807, 2.05) is 20.8 Å². The maximum Gasteiger partial charge on any atom is 0.410 e. The molecule has 0 N–H and O–H groups in total. The first-order valence-corrected chi connectivity index (χ1v) is 8.06. The molecule has 0 radical (unpaired) electrons. The maximum atomic E-state index is 12.1. The molecule has 2 fully saturated rings. The van der Waals surface area contributed by atoms with Crippen molar-refractivity contribution >= 4 is 18.0 Å². The van der Waals surface area contributed by atoms with Crippen molar-refractivity contribution < 1.29 is 23.9 Å². The molecule has 0 aromatic carbocycles. The van der Waals surface area contributed by atoms with Crippen LogP contribution in [-0.4, -0.2) is 66.2 Å². The normalized spacial score (nSPS) is 23.1. The highest BCUT2D eigenvalue weighted by atomic mass is 16.6. The molecule has 0 aromatic rings. The molecule has 1 atom stereocenters. The Kier molecular flexibility index (Phi) is 5.16. The number of methoxy groups -OCH3 is 1. The standard InChI is InChI=1S/C16H26N2O5/c1-16(2,3)23-15(21)17-7-5-12(6-8-17)18-10-11(9-13(18)19)14(20)22-4/h11-12H,5-10H2,1-4H3/t11-/m1/s1. The third kappa shape index (κ3) is 4.36. The summed E-state index contributed by atoms with van der Waals surface area (Å²) in [5.41, 5.74) is -0.507. The zero-order valence-electron chi connectivity index (χ0n) is 14.3. The molecule has 130 valence electrons. The van der Waals surface area contributed by atoms with Gasteiger partial charge < -0.3 is 19.3 Å². The fourth-order valence-electron chi connectivity index (χ4n) is 3.10. The van der Waals surface area contributed by atoms with Crippen molar-refractivity contribution in [3.8, 4) is 0 Å². The minimum absolute atomic E-state index is 0.00359. The molecule has 23 heavy (non-hydrogen) atoms. The molecular formula is C16H26N2O5. The fraction of sp³-hybridized carbons (Fsp3) is 0.812. The zero-order valence-corrected chi connectivity index (χ0v) is 14.3. The second kappa shape index (κ2) is 6.76. The minimum Gasteiger partial charge on any atom is -0.469 e. The van der Waals surface area contributed by atoms with Crippen molar-refractivity contribution in [3.63, 3.8) is 0 Å². The molecule has 0 saturated carbocycles. The fourth-order valence-corrected chi connectivity index (χ4v) is 3.10. The highest BCUT2D eigenvalue weighted by Gasteiger charge is 2.40. The summed E-state index contributed by atoms with van der Waals surface area (Å²) in [7, 11) is 1.34. The van der Waals surface area contributed by atoms with Gasteiger partial charge in [-0.05, 0) is 33.6 Å². The van der Waals surface area contributed by atoms with Gasteiger partial charge in [0.15, 0.2) is 0 Å². The Balaban J connectivity index is 1.86. The van der Waals surface area contributed by atoms with Crippen LogP contribution < -0.4 is 0 Å². The van der Waals surface area contributed by atoms with Gasteiger partial charge in [-0.2, -0.15) is 0 Å². The van der Waals surface area contributed by atoms with Gasteiger partial charge in [-0.25, -0.2) is 4.79 Å². The van der Waals surface area contributed by atoms with Gasteiger partial charge in [-0.15, -0.1) is 0 Å². The lowest BCUT2D eigenvalue weighted by Crippen LogP contribution is -2.48. The zero-order chi connectivity index (χ0) is 17.2. The van der Waals surface area contributed by atoms with E-state index in [9.17, 15) is 14.4 Å². The number of carbonyl (C=O) groups excluding carboxylic acids is 3. The Morgan fingerprint density at radius 1 is 1.17 bits per heavy atom. The second-order valence-corrected chi connectivity index (χ2v) is 7.17. The number of piperidine rings is 1. The molecule has 0 spiro atoms. The first-order chi connectivity index (χ1) is 10.7. The molecule has 2 saturated heterocycles. The maximum absolute atomic E-state index is 12.1. The van der Waals surface area contributed by atoms with Crippen molar-refractivity contribution in [2.45, 2.75) is 51.7 Å². The van der Waals surface area contributed by atoms with Crippen LogP contribution in [0.4, 0.5) is 4.79 Å². The van der Waals surface area contributed by atoms with E-state index in [2.05, 4.69) is 0 Å². The summed E-state index contributed by atoms with van der Waals surface area (Å²) in [5, 5.41) is 0. The third-order valence-electron chi connectivity index (χ3n) is 4.25. The van der Waals surface area contributed by atoms with Crippen molar-refractivity contribution in [2.75, 3.05) is 26.7 Å². The van der Waals surface area contributed by atoms with E-state index in [0.29, 0.717) is 32.5 Å². The average molecular weight is 326 g/mol. The molecule has 2 rings (SSSR count). The number of rotatable bonds is 2. The van der Waals surface area contributed by atoms with Crippen LogP contribution in [0.2, 0.25) is 0 Å². The lowest BCUT2D eigenvalue weighted by Gasteiger charge is -2.37. The lowest BCUT2D eigenvalue weighted by molar-refractivity contribution is -0.145. The number of carbonyl (C=O) groups is 3. The van der Waals surface area contributed by atoms with Gasteiger partial charge >= 0.3 is 12.1 Å². The van der Waals surface area contributed by atoms with E-state index in [-0.39, 0.29) is 36.4 Å². The van der Waals surface area contributed by atoms with Gasteiger partial charge in [0, 0.05) is 32.1 Å². The van der Waals surface area contributed by atoms with Crippen LogP contribution in [-0.2, 0) is 19.1 Å². The van der Waals surface area contributed by atoms with Crippen LogP contribution in [0.1, 0.15) is 40.0 Å². The quantitative estimate of drug-likeness (QED) is 0.717. The van der Waals surface area contributed by atoms with Crippen molar-refractivity contribution in [3.05, 3.63) is 0 Å². The van der Waals surface area contributed by atoms with E-state index in [0.717, 1.165) is 0 Å². The van der Waals surface area contributed by atoms with Crippen molar-refractivity contribution in [2.24, 2.45) is 5.92 Å². The van der Waals surface area contributed by atoms with E-state index in [4.69, 9.17) is 9.47 Å². The summed E-state index contributed by atoms with van der Waals surface area (Å²) in [6.07, 6.45) is 1.33. The summed E-state index contributed by atoms with van der Waals surface area (Å²) >= 11 is 0. The van der Waals surface area contributed by atoms with Gasteiger partial charge in [0.05, 0.1) is 13.0 Å². The Labute approximate surface area is 136 Å². The van der Waals surface area contributed by atoms with Crippen molar-refractivity contribution in [1.29, 1.82) is 0 Å².